The fraction of sp³-hybridized carbons (Fsp3) is 0.176. The number of carbonyl (C=O) groups excluding carboxylic acids is 1. The van der Waals surface area contributed by atoms with Gasteiger partial charge in [-0.15, -0.1) is 0 Å². The molecule has 2 rings (SSSR count). The van der Waals surface area contributed by atoms with Gasteiger partial charge in [0.05, 0.1) is 6.21 Å². The van der Waals surface area contributed by atoms with Crippen LogP contribution in [0.3, 0.4) is 0 Å². The molecule has 0 aliphatic carbocycles. The Balaban J connectivity index is 1.84. The number of oxime groups is 1. The van der Waals surface area contributed by atoms with Crippen LogP contribution < -0.4 is 5.32 Å². The number of para-hydroxylation sites is 1. The molecule has 2 aromatic carbocycles. The van der Waals surface area contributed by atoms with Gasteiger partial charge in [0.2, 0.25) is 0 Å². The molecule has 0 saturated heterocycles. The van der Waals surface area contributed by atoms with Crippen molar-refractivity contribution in [2.45, 2.75) is 13.8 Å². The number of aryl methyl sites for hydroxylation is 2. The maximum Gasteiger partial charge on any atom is 0.265 e. The highest BCUT2D eigenvalue weighted by atomic mass is 79.9. The molecule has 0 atom stereocenters. The fourth-order valence-electron chi connectivity index (χ4n) is 1.93. The predicted octanol–water partition coefficient (Wildman–Crippen LogP) is 4.06. The first kappa shape index (κ1) is 16.2. The molecule has 0 aliphatic rings. The summed E-state index contributed by atoms with van der Waals surface area (Å²) in [6.45, 7) is 3.78. The average molecular weight is 361 g/mol. The number of halogens is 1. The second-order valence-electron chi connectivity index (χ2n) is 4.87. The van der Waals surface area contributed by atoms with Crippen molar-refractivity contribution in [2.24, 2.45) is 5.16 Å². The van der Waals surface area contributed by atoms with Crippen molar-refractivity contribution in [1.29, 1.82) is 0 Å². The molecule has 0 saturated carbocycles. The van der Waals surface area contributed by atoms with Crippen molar-refractivity contribution >= 4 is 33.7 Å². The molecule has 22 heavy (non-hydrogen) atoms. The minimum absolute atomic E-state index is 0.124. The summed E-state index contributed by atoms with van der Waals surface area (Å²) in [7, 11) is 0. The fourth-order valence-corrected chi connectivity index (χ4v) is 2.19. The van der Waals surface area contributed by atoms with Crippen LogP contribution in [0.5, 0.6) is 0 Å². The molecule has 5 heteroatoms. The van der Waals surface area contributed by atoms with Crippen LogP contribution in [0.2, 0.25) is 0 Å². The number of amides is 1. The van der Waals surface area contributed by atoms with Crippen LogP contribution in [-0.2, 0) is 9.63 Å². The Morgan fingerprint density at radius 1 is 1.18 bits per heavy atom. The zero-order valence-corrected chi connectivity index (χ0v) is 14.1. The van der Waals surface area contributed by atoms with Gasteiger partial charge in [0.1, 0.15) is 0 Å². The van der Waals surface area contributed by atoms with E-state index in [0.717, 1.165) is 26.9 Å². The highest BCUT2D eigenvalue weighted by Gasteiger charge is 2.07. The van der Waals surface area contributed by atoms with E-state index in [9.17, 15) is 4.79 Å². The molecule has 1 N–H and O–H groups in total. The molecular weight excluding hydrogens is 344 g/mol. The smallest absolute Gasteiger partial charge is 0.265 e. The largest absolute Gasteiger partial charge is 0.386 e. The van der Waals surface area contributed by atoms with E-state index in [4.69, 9.17) is 4.84 Å². The first-order valence-electron chi connectivity index (χ1n) is 6.83. The summed E-state index contributed by atoms with van der Waals surface area (Å²) in [5.74, 6) is -0.231. The third-order valence-corrected chi connectivity index (χ3v) is 3.62. The quantitative estimate of drug-likeness (QED) is 0.645. The van der Waals surface area contributed by atoms with Crippen LogP contribution in [0.4, 0.5) is 5.69 Å². The standard InChI is InChI=1S/C17H17BrN2O2/c1-12-4-3-5-13(2)17(12)20-16(21)11-22-19-10-14-6-8-15(18)9-7-14/h3-10H,11H2,1-2H3,(H,20,21)/b19-10-. The number of nitrogens with one attached hydrogen (secondary N) is 1. The van der Waals surface area contributed by atoms with Gasteiger partial charge in [0.25, 0.3) is 5.91 Å². The van der Waals surface area contributed by atoms with E-state index in [-0.39, 0.29) is 12.5 Å². The molecule has 2 aromatic rings. The molecule has 0 radical (unpaired) electrons. The van der Waals surface area contributed by atoms with Gasteiger partial charge in [-0.25, -0.2) is 0 Å². The number of rotatable bonds is 5. The third-order valence-electron chi connectivity index (χ3n) is 3.09. The summed E-state index contributed by atoms with van der Waals surface area (Å²) < 4.78 is 0.999. The Bertz CT molecular complexity index is 661. The van der Waals surface area contributed by atoms with Crippen LogP contribution in [0.1, 0.15) is 16.7 Å². The van der Waals surface area contributed by atoms with E-state index < -0.39 is 0 Å². The van der Waals surface area contributed by atoms with Gasteiger partial charge in [-0.1, -0.05) is 51.4 Å². The second kappa shape index (κ2) is 7.75. The molecule has 114 valence electrons. The molecule has 0 unspecified atom stereocenters. The van der Waals surface area contributed by atoms with E-state index in [0.29, 0.717) is 0 Å². The van der Waals surface area contributed by atoms with Crippen LogP contribution in [0.25, 0.3) is 0 Å². The van der Waals surface area contributed by atoms with Crippen LogP contribution in [-0.4, -0.2) is 18.7 Å². The molecule has 0 bridgehead atoms. The lowest BCUT2D eigenvalue weighted by atomic mass is 10.1. The first-order chi connectivity index (χ1) is 10.6. The van der Waals surface area contributed by atoms with E-state index in [1.54, 1.807) is 6.21 Å². The Hall–Kier alpha value is -2.14. The van der Waals surface area contributed by atoms with Crippen molar-refractivity contribution < 1.29 is 9.63 Å². The topological polar surface area (TPSA) is 50.7 Å². The van der Waals surface area contributed by atoms with Gasteiger partial charge in [0, 0.05) is 10.2 Å². The van der Waals surface area contributed by atoms with Gasteiger partial charge < -0.3 is 10.2 Å². The Morgan fingerprint density at radius 3 is 2.45 bits per heavy atom. The first-order valence-corrected chi connectivity index (χ1v) is 7.62. The summed E-state index contributed by atoms with van der Waals surface area (Å²) in [6.07, 6.45) is 1.57. The molecule has 0 spiro atoms. The zero-order valence-electron chi connectivity index (χ0n) is 12.5. The lowest BCUT2D eigenvalue weighted by Crippen LogP contribution is -2.18. The summed E-state index contributed by atoms with van der Waals surface area (Å²) in [4.78, 5) is 16.9. The highest BCUT2D eigenvalue weighted by Crippen LogP contribution is 2.19. The number of hydrogen-bond donors (Lipinski definition) is 1. The molecule has 0 heterocycles. The molecular formula is C17H17BrN2O2. The van der Waals surface area contributed by atoms with Crippen molar-refractivity contribution in [3.63, 3.8) is 0 Å². The van der Waals surface area contributed by atoms with Gasteiger partial charge >= 0.3 is 0 Å². The van der Waals surface area contributed by atoms with E-state index in [2.05, 4.69) is 26.4 Å². The summed E-state index contributed by atoms with van der Waals surface area (Å²) in [5, 5.41) is 6.64. The van der Waals surface area contributed by atoms with Crippen molar-refractivity contribution in [3.8, 4) is 0 Å². The highest BCUT2D eigenvalue weighted by molar-refractivity contribution is 9.10. The maximum atomic E-state index is 11.9. The van der Waals surface area contributed by atoms with Crippen LogP contribution in [0.15, 0.2) is 52.1 Å². The van der Waals surface area contributed by atoms with Gasteiger partial charge in [-0.2, -0.15) is 0 Å². The molecule has 0 aliphatic heterocycles. The number of anilines is 1. The van der Waals surface area contributed by atoms with Gasteiger partial charge in [-0.05, 0) is 42.7 Å². The van der Waals surface area contributed by atoms with E-state index in [1.807, 2.05) is 56.3 Å². The van der Waals surface area contributed by atoms with Gasteiger partial charge in [-0.3, -0.25) is 4.79 Å². The minimum Gasteiger partial charge on any atom is -0.386 e. The summed E-state index contributed by atoms with van der Waals surface area (Å²) in [5.41, 5.74) is 3.77. The average Bonchev–Trinajstić information content (AvgIpc) is 2.49. The number of benzene rings is 2. The predicted molar refractivity (Wildman–Crippen MR) is 92.2 cm³/mol. The second-order valence-corrected chi connectivity index (χ2v) is 5.79. The molecule has 1 amide bonds. The van der Waals surface area contributed by atoms with E-state index in [1.165, 1.54) is 0 Å². The van der Waals surface area contributed by atoms with Crippen LogP contribution >= 0.6 is 15.9 Å². The summed E-state index contributed by atoms with van der Waals surface area (Å²) in [6, 6.07) is 13.5. The number of nitrogens with zero attached hydrogens (tertiary/aromatic N) is 1. The molecule has 0 fully saturated rings. The van der Waals surface area contributed by atoms with Gasteiger partial charge in [0.15, 0.2) is 6.61 Å². The monoisotopic (exact) mass is 360 g/mol. The van der Waals surface area contributed by atoms with Crippen LogP contribution in [0, 0.1) is 13.8 Å². The minimum atomic E-state index is -0.231. The third kappa shape index (κ3) is 4.70. The van der Waals surface area contributed by atoms with Crippen molar-refractivity contribution in [2.75, 3.05) is 11.9 Å². The molecule has 0 aromatic heterocycles. The number of carbonyl (C=O) groups is 1. The molecule has 4 nitrogen and oxygen atoms in total. The van der Waals surface area contributed by atoms with E-state index >= 15 is 0 Å². The lowest BCUT2D eigenvalue weighted by molar-refractivity contribution is -0.120. The SMILES string of the molecule is Cc1cccc(C)c1NC(=O)CO/N=C\c1ccc(Br)cc1. The van der Waals surface area contributed by atoms with Crippen molar-refractivity contribution in [3.05, 3.63) is 63.6 Å². The Labute approximate surface area is 138 Å². The Kier molecular flexibility index (Phi) is 5.72. The zero-order chi connectivity index (χ0) is 15.9. The lowest BCUT2D eigenvalue weighted by Gasteiger charge is -2.10. The number of hydrogen-bond acceptors (Lipinski definition) is 3. The Morgan fingerprint density at radius 2 is 1.82 bits per heavy atom. The maximum absolute atomic E-state index is 11.9. The normalized spacial score (nSPS) is 10.7. The summed E-state index contributed by atoms with van der Waals surface area (Å²) >= 11 is 3.36. The van der Waals surface area contributed by atoms with Crippen molar-refractivity contribution in [1.82, 2.24) is 0 Å².